The zero-order valence-corrected chi connectivity index (χ0v) is 19.9. The summed E-state index contributed by atoms with van der Waals surface area (Å²) in [7, 11) is 0. The van der Waals surface area contributed by atoms with Gasteiger partial charge in [-0.25, -0.2) is 4.99 Å². The van der Waals surface area contributed by atoms with Gasteiger partial charge in [0, 0.05) is 29.3 Å². The van der Waals surface area contributed by atoms with E-state index in [1.807, 2.05) is 10.8 Å². The predicted molar refractivity (Wildman–Crippen MR) is 128 cm³/mol. The van der Waals surface area contributed by atoms with Gasteiger partial charge in [0.15, 0.2) is 0 Å². The lowest BCUT2D eigenvalue weighted by Crippen LogP contribution is -2.21. The molecule has 1 fully saturated rings. The maximum absolute atomic E-state index is 11.9. The second kappa shape index (κ2) is 10.2. The fourth-order valence-corrected chi connectivity index (χ4v) is 3.67. The summed E-state index contributed by atoms with van der Waals surface area (Å²) >= 11 is 0. The Balaban J connectivity index is 0.000000481. The van der Waals surface area contributed by atoms with Crippen molar-refractivity contribution in [2.24, 2.45) is 22.7 Å². The SMILES string of the molecule is CC(C)C(=O)O.CC(C)C(=O)OCC1CC(C)C(n2cc3c(N)cc(=O)nc4c3c2N=CN4)O1. The van der Waals surface area contributed by atoms with Gasteiger partial charge >= 0.3 is 11.9 Å². The zero-order chi connectivity index (χ0) is 25.2. The molecule has 2 aliphatic rings. The minimum Gasteiger partial charge on any atom is -0.481 e. The lowest BCUT2D eigenvalue weighted by Gasteiger charge is -2.20. The van der Waals surface area contributed by atoms with Gasteiger partial charge in [-0.2, -0.15) is 4.98 Å². The highest BCUT2D eigenvalue weighted by Crippen LogP contribution is 2.43. The summed E-state index contributed by atoms with van der Waals surface area (Å²) in [5.74, 6) is -0.145. The van der Waals surface area contributed by atoms with Gasteiger partial charge in [0.05, 0.1) is 29.7 Å². The minimum atomic E-state index is -0.741. The van der Waals surface area contributed by atoms with Crippen molar-refractivity contribution in [1.82, 2.24) is 9.55 Å². The number of carbonyl (C=O) groups excluding carboxylic acids is 1. The number of nitrogens with zero attached hydrogens (tertiary/aromatic N) is 3. The van der Waals surface area contributed by atoms with Crippen LogP contribution >= 0.6 is 0 Å². The molecule has 4 rings (SSSR count). The van der Waals surface area contributed by atoms with Gasteiger partial charge in [-0.15, -0.1) is 0 Å². The molecule has 4 heterocycles. The molecule has 4 N–H and O–H groups in total. The van der Waals surface area contributed by atoms with Crippen molar-refractivity contribution in [3.63, 3.8) is 0 Å². The number of carbonyl (C=O) groups is 2. The van der Waals surface area contributed by atoms with Gasteiger partial charge in [0.25, 0.3) is 5.56 Å². The number of esters is 1. The van der Waals surface area contributed by atoms with Gasteiger partial charge in [0.1, 0.15) is 24.5 Å². The number of carboxylic acids is 1. The van der Waals surface area contributed by atoms with Crippen molar-refractivity contribution in [2.45, 2.75) is 53.4 Å². The number of hydrogen-bond donors (Lipinski definition) is 3. The number of anilines is 2. The average molecular weight is 474 g/mol. The van der Waals surface area contributed by atoms with Gasteiger partial charge < -0.3 is 30.2 Å². The quantitative estimate of drug-likeness (QED) is 0.555. The fraction of sp³-hybridized carbons (Fsp3) is 0.522. The number of aliphatic carboxylic acids is 1. The molecular weight excluding hydrogens is 442 g/mol. The van der Waals surface area contributed by atoms with E-state index in [1.54, 1.807) is 27.7 Å². The number of hydrogen-bond acceptors (Lipinski definition) is 9. The number of aromatic nitrogens is 2. The van der Waals surface area contributed by atoms with Crippen LogP contribution in [0.1, 0.15) is 47.3 Å². The molecule has 0 saturated carbocycles. The van der Waals surface area contributed by atoms with Crippen molar-refractivity contribution in [1.29, 1.82) is 0 Å². The molecule has 3 atom stereocenters. The summed E-state index contributed by atoms with van der Waals surface area (Å²) in [6.07, 6.45) is 3.62. The molecule has 0 aliphatic carbocycles. The number of rotatable bonds is 5. The molecule has 0 amide bonds. The van der Waals surface area contributed by atoms with Crippen LogP contribution in [0.3, 0.4) is 0 Å². The summed E-state index contributed by atoms with van der Waals surface area (Å²) in [6.45, 7) is 9.19. The number of nitrogen functional groups attached to an aromatic ring is 1. The van der Waals surface area contributed by atoms with Gasteiger partial charge in [-0.05, 0) is 6.42 Å². The van der Waals surface area contributed by atoms with Crippen LogP contribution in [0, 0.1) is 17.8 Å². The third kappa shape index (κ3) is 5.36. The van der Waals surface area contributed by atoms with E-state index >= 15 is 0 Å². The molecule has 2 aliphatic heterocycles. The van der Waals surface area contributed by atoms with Crippen LogP contribution < -0.4 is 16.6 Å². The predicted octanol–water partition coefficient (Wildman–Crippen LogP) is 2.91. The molecule has 34 heavy (non-hydrogen) atoms. The molecule has 0 bridgehead atoms. The molecule has 184 valence electrons. The molecule has 11 nitrogen and oxygen atoms in total. The first-order chi connectivity index (χ1) is 16.0. The van der Waals surface area contributed by atoms with E-state index in [0.717, 1.165) is 6.42 Å². The number of nitrogens with one attached hydrogen (secondary N) is 1. The Morgan fingerprint density at radius 2 is 2.00 bits per heavy atom. The van der Waals surface area contributed by atoms with Crippen molar-refractivity contribution in [3.05, 3.63) is 22.6 Å². The number of aliphatic imine (C=N–C) groups is 1. The maximum atomic E-state index is 11.9. The van der Waals surface area contributed by atoms with E-state index in [2.05, 4.69) is 22.2 Å². The van der Waals surface area contributed by atoms with E-state index < -0.39 is 11.5 Å². The Hall–Kier alpha value is -3.47. The van der Waals surface area contributed by atoms with E-state index in [4.69, 9.17) is 20.3 Å². The Kier molecular flexibility index (Phi) is 7.55. The van der Waals surface area contributed by atoms with E-state index in [0.29, 0.717) is 28.1 Å². The van der Waals surface area contributed by atoms with Gasteiger partial charge in [-0.3, -0.25) is 14.4 Å². The first-order valence-electron chi connectivity index (χ1n) is 11.2. The first kappa shape index (κ1) is 25.2. The normalized spacial score (nSPS) is 20.7. The maximum Gasteiger partial charge on any atom is 0.308 e. The molecule has 2 aromatic heterocycles. The van der Waals surface area contributed by atoms with Crippen molar-refractivity contribution in [2.75, 3.05) is 17.7 Å². The topological polar surface area (TPSA) is 158 Å². The first-order valence-corrected chi connectivity index (χ1v) is 11.2. The van der Waals surface area contributed by atoms with E-state index in [-0.39, 0.29) is 42.7 Å². The second-order valence-electron chi connectivity index (χ2n) is 9.09. The minimum absolute atomic E-state index is 0.170. The van der Waals surface area contributed by atoms with Crippen LogP contribution in [-0.4, -0.2) is 45.6 Å². The zero-order valence-electron chi connectivity index (χ0n) is 19.9. The summed E-state index contributed by atoms with van der Waals surface area (Å²) < 4.78 is 13.4. The van der Waals surface area contributed by atoms with Crippen molar-refractivity contribution in [3.8, 4) is 0 Å². The summed E-state index contributed by atoms with van der Waals surface area (Å²) in [4.78, 5) is 41.8. The highest BCUT2D eigenvalue weighted by Gasteiger charge is 2.36. The van der Waals surface area contributed by atoms with Crippen molar-refractivity contribution < 1.29 is 24.2 Å². The number of nitrogens with two attached hydrogens (primary N) is 1. The van der Waals surface area contributed by atoms with E-state index in [9.17, 15) is 14.4 Å². The third-order valence-corrected chi connectivity index (χ3v) is 5.55. The van der Waals surface area contributed by atoms with Crippen LogP contribution in [0.2, 0.25) is 0 Å². The molecule has 0 spiro atoms. The smallest absolute Gasteiger partial charge is 0.308 e. The van der Waals surface area contributed by atoms with Gasteiger partial charge in [-0.1, -0.05) is 34.6 Å². The molecule has 3 unspecified atom stereocenters. The molecule has 11 heteroatoms. The van der Waals surface area contributed by atoms with Crippen LogP contribution in [0.5, 0.6) is 0 Å². The molecule has 0 radical (unpaired) electrons. The van der Waals surface area contributed by atoms with Gasteiger partial charge in [0.2, 0.25) is 0 Å². The molecule has 0 aromatic carbocycles. The Labute approximate surface area is 197 Å². The highest BCUT2D eigenvalue weighted by molar-refractivity contribution is 6.10. The number of ether oxygens (including phenoxy) is 2. The van der Waals surface area contributed by atoms with Crippen LogP contribution in [0.4, 0.5) is 17.3 Å². The summed E-state index contributed by atoms with van der Waals surface area (Å²) in [5.41, 5.74) is 6.03. The third-order valence-electron chi connectivity index (χ3n) is 5.55. The summed E-state index contributed by atoms with van der Waals surface area (Å²) in [5, 5.41) is 12.3. The largest absolute Gasteiger partial charge is 0.481 e. The molecular formula is C23H31N5O6. The monoisotopic (exact) mass is 473 g/mol. The standard InChI is InChI=1S/C19H23N5O4.C4H8O2/c1-9(2)19(26)27-7-11-4-10(3)18(28-11)24-6-12-13(20)5-14(25)23-16-15(12)17(24)22-8-21-16;1-3(2)4(5)6/h5-6,8-11,18H,4,7,20H2,1-3H3,(H,21,22,23,25);3H,1-2H3,(H,5,6). The summed E-state index contributed by atoms with van der Waals surface area (Å²) in [6, 6.07) is 1.31. The van der Waals surface area contributed by atoms with Crippen LogP contribution in [-0.2, 0) is 19.1 Å². The second-order valence-corrected chi connectivity index (χ2v) is 9.09. The Bertz CT molecular complexity index is 1170. The van der Waals surface area contributed by atoms with Crippen LogP contribution in [0.25, 0.3) is 10.8 Å². The molecule has 1 saturated heterocycles. The number of carboxylic acid groups (broad SMARTS) is 1. The lowest BCUT2D eigenvalue weighted by atomic mass is 10.1. The van der Waals surface area contributed by atoms with E-state index in [1.165, 1.54) is 12.4 Å². The lowest BCUT2D eigenvalue weighted by molar-refractivity contribution is -0.152. The van der Waals surface area contributed by atoms with Crippen LogP contribution in [0.15, 0.2) is 22.1 Å². The fourth-order valence-electron chi connectivity index (χ4n) is 3.67. The molecule has 2 aromatic rings. The highest BCUT2D eigenvalue weighted by atomic mass is 16.6. The average Bonchev–Trinajstić information content (AvgIpc) is 3.29. The van der Waals surface area contributed by atoms with Crippen molar-refractivity contribution >= 4 is 46.4 Å². The Morgan fingerprint density at radius 1 is 1.32 bits per heavy atom. The Morgan fingerprint density at radius 3 is 2.62 bits per heavy atom.